The second kappa shape index (κ2) is 6.55. The molecule has 98 valence electrons. The molecule has 0 N–H and O–H groups in total. The molecule has 1 heterocycles. The highest BCUT2D eigenvalue weighted by atomic mass is 35.5. The SMILES string of the molecule is Cc1c(Cl)nnc(N(CCC#N)CC(C)C)c1C. The summed E-state index contributed by atoms with van der Waals surface area (Å²) in [5.41, 5.74) is 1.99. The van der Waals surface area contributed by atoms with Gasteiger partial charge in [-0.3, -0.25) is 0 Å². The number of nitrogens with zero attached hydrogens (tertiary/aromatic N) is 4. The van der Waals surface area contributed by atoms with E-state index in [4.69, 9.17) is 16.9 Å². The molecule has 0 amide bonds. The van der Waals surface area contributed by atoms with E-state index in [2.05, 4.69) is 35.0 Å². The van der Waals surface area contributed by atoms with Crippen LogP contribution in [0.4, 0.5) is 5.82 Å². The summed E-state index contributed by atoms with van der Waals surface area (Å²) in [5, 5.41) is 17.3. The minimum absolute atomic E-state index is 0.445. The van der Waals surface area contributed by atoms with Crippen molar-refractivity contribution >= 4 is 17.4 Å². The molecule has 1 aromatic rings. The fourth-order valence-corrected chi connectivity index (χ4v) is 1.95. The Labute approximate surface area is 114 Å². The predicted molar refractivity (Wildman–Crippen MR) is 73.8 cm³/mol. The summed E-state index contributed by atoms with van der Waals surface area (Å²) >= 11 is 5.96. The molecule has 5 heteroatoms. The zero-order chi connectivity index (χ0) is 13.7. The molecule has 0 bridgehead atoms. The van der Waals surface area contributed by atoms with Gasteiger partial charge in [-0.05, 0) is 30.9 Å². The van der Waals surface area contributed by atoms with Crippen molar-refractivity contribution in [2.75, 3.05) is 18.0 Å². The summed E-state index contributed by atoms with van der Waals surface area (Å²) in [5.74, 6) is 1.33. The third-order valence-corrected chi connectivity index (χ3v) is 3.18. The van der Waals surface area contributed by atoms with Crippen LogP contribution in [0.5, 0.6) is 0 Å². The number of anilines is 1. The minimum atomic E-state index is 0.445. The van der Waals surface area contributed by atoms with Crippen LogP contribution in [0.1, 0.15) is 31.4 Å². The molecule has 0 saturated heterocycles. The van der Waals surface area contributed by atoms with Crippen LogP contribution in [0.15, 0.2) is 0 Å². The first kappa shape index (κ1) is 14.7. The average Bonchev–Trinajstić information content (AvgIpc) is 2.31. The van der Waals surface area contributed by atoms with E-state index in [9.17, 15) is 0 Å². The summed E-state index contributed by atoms with van der Waals surface area (Å²) in [4.78, 5) is 2.11. The van der Waals surface area contributed by atoms with E-state index in [1.165, 1.54) is 0 Å². The normalized spacial score (nSPS) is 10.5. The molecular formula is C13H19ClN4. The highest BCUT2D eigenvalue weighted by Gasteiger charge is 2.15. The summed E-state index contributed by atoms with van der Waals surface area (Å²) in [7, 11) is 0. The average molecular weight is 267 g/mol. The lowest BCUT2D eigenvalue weighted by Crippen LogP contribution is -2.30. The molecule has 1 rings (SSSR count). The fourth-order valence-electron chi connectivity index (χ4n) is 1.77. The van der Waals surface area contributed by atoms with E-state index in [1.807, 2.05) is 13.8 Å². The Hall–Kier alpha value is -1.34. The number of aromatic nitrogens is 2. The Kier molecular flexibility index (Phi) is 5.36. The second-order valence-electron chi connectivity index (χ2n) is 4.81. The van der Waals surface area contributed by atoms with Gasteiger partial charge in [0.05, 0.1) is 12.5 Å². The maximum absolute atomic E-state index is 8.73. The molecule has 0 fully saturated rings. The van der Waals surface area contributed by atoms with Crippen molar-refractivity contribution in [3.8, 4) is 6.07 Å². The molecule has 0 aliphatic carbocycles. The summed E-state index contributed by atoms with van der Waals surface area (Å²) in [6.45, 7) is 9.75. The molecule has 0 unspecified atom stereocenters. The third-order valence-electron chi connectivity index (χ3n) is 2.82. The topological polar surface area (TPSA) is 52.8 Å². The third kappa shape index (κ3) is 3.58. The zero-order valence-corrected chi connectivity index (χ0v) is 12.1. The smallest absolute Gasteiger partial charge is 0.155 e. The number of hydrogen-bond acceptors (Lipinski definition) is 4. The molecule has 0 atom stereocenters. The van der Waals surface area contributed by atoms with E-state index in [0.717, 1.165) is 23.5 Å². The van der Waals surface area contributed by atoms with Gasteiger partial charge in [0.2, 0.25) is 0 Å². The summed E-state index contributed by atoms with van der Waals surface area (Å²) in [6.07, 6.45) is 0.482. The van der Waals surface area contributed by atoms with Gasteiger partial charge in [0.25, 0.3) is 0 Å². The van der Waals surface area contributed by atoms with Gasteiger partial charge in [-0.1, -0.05) is 25.4 Å². The van der Waals surface area contributed by atoms with E-state index in [0.29, 0.717) is 24.0 Å². The molecule has 0 aliphatic rings. The monoisotopic (exact) mass is 266 g/mol. The Morgan fingerprint density at radius 2 is 1.94 bits per heavy atom. The van der Waals surface area contributed by atoms with Gasteiger partial charge in [0, 0.05) is 13.1 Å². The Morgan fingerprint density at radius 1 is 1.28 bits per heavy atom. The highest BCUT2D eigenvalue weighted by Crippen LogP contribution is 2.24. The van der Waals surface area contributed by atoms with E-state index >= 15 is 0 Å². The lowest BCUT2D eigenvalue weighted by molar-refractivity contribution is 0.604. The van der Waals surface area contributed by atoms with Crippen LogP contribution in [0.25, 0.3) is 0 Å². The summed E-state index contributed by atoms with van der Waals surface area (Å²) in [6, 6.07) is 2.17. The predicted octanol–water partition coefficient (Wildman–Crippen LogP) is 3.12. The lowest BCUT2D eigenvalue weighted by Gasteiger charge is -2.26. The van der Waals surface area contributed by atoms with Gasteiger partial charge in [-0.25, -0.2) is 0 Å². The van der Waals surface area contributed by atoms with Crippen LogP contribution in [0.2, 0.25) is 5.15 Å². The van der Waals surface area contributed by atoms with Gasteiger partial charge in [0.15, 0.2) is 11.0 Å². The van der Waals surface area contributed by atoms with Gasteiger partial charge in [-0.15, -0.1) is 10.2 Å². The van der Waals surface area contributed by atoms with Crippen LogP contribution in [-0.2, 0) is 0 Å². The minimum Gasteiger partial charge on any atom is -0.354 e. The first-order valence-electron chi connectivity index (χ1n) is 6.08. The molecule has 4 nitrogen and oxygen atoms in total. The number of nitriles is 1. The molecular weight excluding hydrogens is 248 g/mol. The van der Waals surface area contributed by atoms with Crippen molar-refractivity contribution in [1.82, 2.24) is 10.2 Å². The van der Waals surface area contributed by atoms with E-state index in [1.54, 1.807) is 0 Å². The van der Waals surface area contributed by atoms with Gasteiger partial charge >= 0.3 is 0 Å². The first-order valence-corrected chi connectivity index (χ1v) is 6.46. The molecule has 18 heavy (non-hydrogen) atoms. The molecule has 0 saturated carbocycles. The highest BCUT2D eigenvalue weighted by molar-refractivity contribution is 6.30. The maximum atomic E-state index is 8.73. The maximum Gasteiger partial charge on any atom is 0.155 e. The van der Waals surface area contributed by atoms with Gasteiger partial charge in [0.1, 0.15) is 0 Å². The van der Waals surface area contributed by atoms with Crippen LogP contribution in [0.3, 0.4) is 0 Å². The van der Waals surface area contributed by atoms with Crippen LogP contribution < -0.4 is 4.90 Å². The van der Waals surface area contributed by atoms with Crippen molar-refractivity contribution in [1.29, 1.82) is 5.26 Å². The van der Waals surface area contributed by atoms with Crippen molar-refractivity contribution in [3.63, 3.8) is 0 Å². The Bertz CT molecular complexity index is 451. The van der Waals surface area contributed by atoms with Crippen LogP contribution >= 0.6 is 11.6 Å². The lowest BCUT2D eigenvalue weighted by atomic mass is 10.1. The Morgan fingerprint density at radius 3 is 2.50 bits per heavy atom. The summed E-state index contributed by atoms with van der Waals surface area (Å²) < 4.78 is 0. The first-order chi connectivity index (χ1) is 8.47. The van der Waals surface area contributed by atoms with Crippen molar-refractivity contribution in [3.05, 3.63) is 16.3 Å². The van der Waals surface area contributed by atoms with Crippen molar-refractivity contribution < 1.29 is 0 Å². The molecule has 0 aromatic carbocycles. The van der Waals surface area contributed by atoms with Gasteiger partial charge < -0.3 is 4.90 Å². The van der Waals surface area contributed by atoms with E-state index in [-0.39, 0.29) is 0 Å². The molecule has 0 spiro atoms. The molecule has 0 radical (unpaired) electrons. The van der Waals surface area contributed by atoms with Crippen molar-refractivity contribution in [2.45, 2.75) is 34.1 Å². The standard InChI is InChI=1S/C13H19ClN4/c1-9(2)8-18(7-5-6-15)13-11(4)10(3)12(14)16-17-13/h9H,5,7-8H2,1-4H3. The quantitative estimate of drug-likeness (QED) is 0.822. The van der Waals surface area contributed by atoms with Crippen LogP contribution in [0, 0.1) is 31.1 Å². The van der Waals surface area contributed by atoms with Crippen LogP contribution in [-0.4, -0.2) is 23.3 Å². The second-order valence-corrected chi connectivity index (χ2v) is 5.17. The number of halogens is 1. The number of hydrogen-bond donors (Lipinski definition) is 0. The number of rotatable bonds is 5. The fraction of sp³-hybridized carbons (Fsp3) is 0.615. The zero-order valence-electron chi connectivity index (χ0n) is 11.4. The van der Waals surface area contributed by atoms with Gasteiger partial charge in [-0.2, -0.15) is 5.26 Å². The molecule has 0 aliphatic heterocycles. The van der Waals surface area contributed by atoms with Crippen molar-refractivity contribution in [2.24, 2.45) is 5.92 Å². The largest absolute Gasteiger partial charge is 0.354 e. The molecule has 1 aromatic heterocycles. The van der Waals surface area contributed by atoms with E-state index < -0.39 is 0 Å². The Balaban J connectivity index is 3.05.